The van der Waals surface area contributed by atoms with Gasteiger partial charge in [0.1, 0.15) is 5.82 Å². The summed E-state index contributed by atoms with van der Waals surface area (Å²) in [4.78, 5) is 23.7. The van der Waals surface area contributed by atoms with Gasteiger partial charge in [-0.2, -0.15) is 4.98 Å². The molecule has 0 spiro atoms. The normalized spacial score (nSPS) is 18.2. The highest BCUT2D eigenvalue weighted by Gasteiger charge is 2.23. The summed E-state index contributed by atoms with van der Waals surface area (Å²) in [6, 6.07) is 15.9. The summed E-state index contributed by atoms with van der Waals surface area (Å²) in [5.74, 6) is 1.56. The molecule has 168 valence electrons. The minimum atomic E-state index is -0.158. The van der Waals surface area contributed by atoms with Crippen LogP contribution in [0.25, 0.3) is 10.9 Å². The second-order valence-electron chi connectivity index (χ2n) is 8.39. The molecule has 7 nitrogen and oxygen atoms in total. The summed E-state index contributed by atoms with van der Waals surface area (Å²) in [6.07, 6.45) is 3.71. The number of hydrogen-bond donors (Lipinski definition) is 3. The van der Waals surface area contributed by atoms with E-state index in [0.29, 0.717) is 17.5 Å². The Balaban J connectivity index is 1.29. The second kappa shape index (κ2) is 10.0. The minimum Gasteiger partial charge on any atom is -0.362 e. The number of anilines is 2. The first-order valence-corrected chi connectivity index (χ1v) is 11.4. The molecule has 0 atom stereocenters. The molecule has 0 bridgehead atoms. The zero-order valence-corrected chi connectivity index (χ0v) is 19.2. The molecular weight excluding hydrogens is 424 g/mol. The monoisotopic (exact) mass is 452 g/mol. The minimum absolute atomic E-state index is 0.158. The maximum absolute atomic E-state index is 12.3. The van der Waals surface area contributed by atoms with E-state index in [2.05, 4.69) is 16.0 Å². The number of halogens is 1. The number of fused-ring (bicyclic) bond motifs is 1. The van der Waals surface area contributed by atoms with E-state index in [1.807, 2.05) is 67.5 Å². The van der Waals surface area contributed by atoms with Gasteiger partial charge in [0.15, 0.2) is 0 Å². The summed E-state index contributed by atoms with van der Waals surface area (Å²) in [7, 11) is 3.98. The lowest BCUT2D eigenvalue weighted by molar-refractivity contribution is 0.231. The van der Waals surface area contributed by atoms with E-state index in [0.717, 1.165) is 48.0 Å². The molecule has 0 unspecified atom stereocenters. The Morgan fingerprint density at radius 1 is 1.00 bits per heavy atom. The van der Waals surface area contributed by atoms with Crippen molar-refractivity contribution in [2.45, 2.75) is 44.3 Å². The highest BCUT2D eigenvalue weighted by atomic mass is 35.5. The summed E-state index contributed by atoms with van der Waals surface area (Å²) in [5, 5.41) is 11.2. The van der Waals surface area contributed by atoms with Gasteiger partial charge in [-0.1, -0.05) is 41.9 Å². The Kier molecular flexibility index (Phi) is 6.95. The predicted molar refractivity (Wildman–Crippen MR) is 130 cm³/mol. The third kappa shape index (κ3) is 5.40. The molecule has 1 saturated carbocycles. The van der Waals surface area contributed by atoms with Crippen molar-refractivity contribution in [3.8, 4) is 0 Å². The lowest BCUT2D eigenvalue weighted by Crippen LogP contribution is -2.44. The van der Waals surface area contributed by atoms with Crippen molar-refractivity contribution in [1.29, 1.82) is 0 Å². The Hall–Kier alpha value is -3.06. The first kappa shape index (κ1) is 22.1. The molecule has 1 heterocycles. The van der Waals surface area contributed by atoms with Gasteiger partial charge in [-0.25, -0.2) is 9.78 Å². The van der Waals surface area contributed by atoms with Crippen LogP contribution in [0.4, 0.5) is 16.6 Å². The fourth-order valence-corrected chi connectivity index (χ4v) is 4.29. The molecule has 1 fully saturated rings. The average Bonchev–Trinajstić information content (AvgIpc) is 2.79. The smallest absolute Gasteiger partial charge is 0.315 e. The maximum Gasteiger partial charge on any atom is 0.315 e. The third-order valence-corrected chi connectivity index (χ3v) is 6.17. The van der Waals surface area contributed by atoms with Gasteiger partial charge in [-0.3, -0.25) is 0 Å². The molecule has 1 aliphatic carbocycles. The van der Waals surface area contributed by atoms with Crippen LogP contribution < -0.4 is 20.9 Å². The van der Waals surface area contributed by atoms with Crippen molar-refractivity contribution in [3.05, 3.63) is 59.1 Å². The lowest BCUT2D eigenvalue weighted by Gasteiger charge is -2.30. The van der Waals surface area contributed by atoms with E-state index in [9.17, 15) is 4.79 Å². The Bertz CT molecular complexity index is 1080. The first-order chi connectivity index (χ1) is 15.5. The van der Waals surface area contributed by atoms with Crippen LogP contribution >= 0.6 is 11.6 Å². The number of nitrogens with one attached hydrogen (secondary N) is 3. The van der Waals surface area contributed by atoms with Crippen molar-refractivity contribution < 1.29 is 4.79 Å². The molecule has 2 amide bonds. The van der Waals surface area contributed by atoms with Crippen LogP contribution in [0.5, 0.6) is 0 Å². The van der Waals surface area contributed by atoms with Gasteiger partial charge in [0.2, 0.25) is 5.95 Å². The van der Waals surface area contributed by atoms with Crippen LogP contribution in [0, 0.1) is 0 Å². The Morgan fingerprint density at radius 2 is 1.69 bits per heavy atom. The van der Waals surface area contributed by atoms with Crippen molar-refractivity contribution in [2.75, 3.05) is 24.3 Å². The topological polar surface area (TPSA) is 82.2 Å². The summed E-state index contributed by atoms with van der Waals surface area (Å²) >= 11 is 6.15. The van der Waals surface area contributed by atoms with Crippen LogP contribution in [0.1, 0.15) is 31.2 Å². The van der Waals surface area contributed by atoms with Crippen LogP contribution in [-0.4, -0.2) is 42.2 Å². The Morgan fingerprint density at radius 3 is 2.44 bits per heavy atom. The lowest BCUT2D eigenvalue weighted by atomic mass is 9.91. The van der Waals surface area contributed by atoms with Gasteiger partial charge in [0.25, 0.3) is 0 Å². The summed E-state index contributed by atoms with van der Waals surface area (Å²) < 4.78 is 0. The molecule has 1 aliphatic rings. The number of urea groups is 1. The van der Waals surface area contributed by atoms with Crippen molar-refractivity contribution in [2.24, 2.45) is 0 Å². The van der Waals surface area contributed by atoms with E-state index < -0.39 is 0 Å². The maximum atomic E-state index is 12.3. The predicted octanol–water partition coefficient (Wildman–Crippen LogP) is 4.57. The zero-order valence-electron chi connectivity index (χ0n) is 18.4. The van der Waals surface area contributed by atoms with E-state index in [1.54, 1.807) is 0 Å². The number of carbonyl (C=O) groups excluding carboxylic acids is 1. The summed E-state index contributed by atoms with van der Waals surface area (Å²) in [5.41, 5.74) is 1.84. The molecule has 2 aromatic carbocycles. The van der Waals surface area contributed by atoms with Crippen LogP contribution in [0.15, 0.2) is 48.5 Å². The standard InChI is InChI=1S/C24H29ClN6O/c1-31(2)22-19-8-4-6-10-21(19)29-23(30-22)27-17-11-13-18(14-12-17)28-24(32)26-15-16-7-3-5-9-20(16)25/h3-10,17-18H,11-15H2,1-2H3,(H2,26,28,32)(H,27,29,30). The van der Waals surface area contributed by atoms with Gasteiger partial charge in [-0.15, -0.1) is 0 Å². The van der Waals surface area contributed by atoms with Crippen molar-refractivity contribution in [3.63, 3.8) is 0 Å². The van der Waals surface area contributed by atoms with Gasteiger partial charge in [0, 0.05) is 43.1 Å². The molecule has 4 rings (SSSR count). The second-order valence-corrected chi connectivity index (χ2v) is 8.80. The van der Waals surface area contributed by atoms with Gasteiger partial charge in [-0.05, 0) is 49.4 Å². The number of carbonyl (C=O) groups is 1. The molecule has 0 saturated heterocycles. The van der Waals surface area contributed by atoms with Gasteiger partial charge in [0.05, 0.1) is 5.52 Å². The average molecular weight is 453 g/mol. The Labute approximate surface area is 193 Å². The number of amides is 2. The molecule has 3 aromatic rings. The highest BCUT2D eigenvalue weighted by molar-refractivity contribution is 6.31. The van der Waals surface area contributed by atoms with Gasteiger partial charge >= 0.3 is 6.03 Å². The zero-order chi connectivity index (χ0) is 22.5. The van der Waals surface area contributed by atoms with Crippen molar-refractivity contribution in [1.82, 2.24) is 20.6 Å². The molecular formula is C24H29ClN6O. The number of rotatable bonds is 6. The van der Waals surface area contributed by atoms with E-state index in [4.69, 9.17) is 21.6 Å². The number of benzene rings is 2. The molecule has 1 aromatic heterocycles. The molecule has 0 radical (unpaired) electrons. The van der Waals surface area contributed by atoms with E-state index >= 15 is 0 Å². The first-order valence-electron chi connectivity index (χ1n) is 11.0. The number of nitrogens with zero attached hydrogens (tertiary/aromatic N) is 3. The highest BCUT2D eigenvalue weighted by Crippen LogP contribution is 2.26. The number of hydrogen-bond acceptors (Lipinski definition) is 5. The molecule has 3 N–H and O–H groups in total. The van der Waals surface area contributed by atoms with Crippen molar-refractivity contribution >= 4 is 40.3 Å². The molecule has 32 heavy (non-hydrogen) atoms. The van der Waals surface area contributed by atoms with E-state index in [-0.39, 0.29) is 18.1 Å². The molecule has 0 aliphatic heterocycles. The summed E-state index contributed by atoms with van der Waals surface area (Å²) in [6.45, 7) is 0.413. The molecule has 8 heteroatoms. The fraction of sp³-hybridized carbons (Fsp3) is 0.375. The third-order valence-electron chi connectivity index (χ3n) is 5.80. The SMILES string of the molecule is CN(C)c1nc(NC2CCC(NC(=O)NCc3ccccc3Cl)CC2)nc2ccccc12. The fourth-order valence-electron chi connectivity index (χ4n) is 4.08. The van der Waals surface area contributed by atoms with Crippen LogP contribution in [0.3, 0.4) is 0 Å². The largest absolute Gasteiger partial charge is 0.362 e. The van der Waals surface area contributed by atoms with Crippen LogP contribution in [0.2, 0.25) is 5.02 Å². The quantitative estimate of drug-likeness (QED) is 0.510. The van der Waals surface area contributed by atoms with E-state index in [1.165, 1.54) is 0 Å². The number of para-hydroxylation sites is 1. The van der Waals surface area contributed by atoms with Crippen LogP contribution in [-0.2, 0) is 6.54 Å². The van der Waals surface area contributed by atoms with Gasteiger partial charge < -0.3 is 20.9 Å². The number of aromatic nitrogens is 2.